The molecule has 0 fully saturated rings. The molecule has 2 aromatic carbocycles. The van der Waals surface area contributed by atoms with E-state index in [1.165, 1.54) is 38.7 Å². The highest BCUT2D eigenvalue weighted by Gasteiger charge is 2.31. The van der Waals surface area contributed by atoms with Gasteiger partial charge in [-0.15, -0.1) is 13.2 Å². The number of nitrogens with one attached hydrogen (secondary N) is 1. The molecule has 0 aliphatic heterocycles. The number of rotatable bonds is 6. The van der Waals surface area contributed by atoms with E-state index in [0.717, 1.165) is 0 Å². The van der Waals surface area contributed by atoms with Crippen molar-refractivity contribution in [1.29, 1.82) is 0 Å². The number of aromatic nitrogens is 2. The van der Waals surface area contributed by atoms with Crippen LogP contribution < -0.4 is 19.5 Å². The predicted molar refractivity (Wildman–Crippen MR) is 93.1 cm³/mol. The van der Waals surface area contributed by atoms with E-state index < -0.39 is 6.36 Å². The van der Waals surface area contributed by atoms with Gasteiger partial charge in [-0.05, 0) is 23.8 Å². The molecular formula is C18H16F3N3O3. The fourth-order valence-electron chi connectivity index (χ4n) is 2.56. The lowest BCUT2D eigenvalue weighted by molar-refractivity contribution is -0.274. The molecule has 27 heavy (non-hydrogen) atoms. The van der Waals surface area contributed by atoms with Crippen LogP contribution >= 0.6 is 0 Å². The van der Waals surface area contributed by atoms with Gasteiger partial charge in [-0.3, -0.25) is 0 Å². The molecule has 1 N–H and O–H groups in total. The second kappa shape index (κ2) is 7.56. The van der Waals surface area contributed by atoms with Gasteiger partial charge in [-0.1, -0.05) is 12.1 Å². The molecule has 0 aliphatic rings. The van der Waals surface area contributed by atoms with Gasteiger partial charge in [0.1, 0.15) is 17.9 Å². The Bertz CT molecular complexity index is 948. The highest BCUT2D eigenvalue weighted by atomic mass is 19.4. The Hall–Kier alpha value is -3.23. The summed E-state index contributed by atoms with van der Waals surface area (Å²) < 4.78 is 51.5. The summed E-state index contributed by atoms with van der Waals surface area (Å²) in [7, 11) is 3.05. The monoisotopic (exact) mass is 379 g/mol. The number of ether oxygens (including phenoxy) is 3. The second-order valence-corrected chi connectivity index (χ2v) is 5.50. The maximum absolute atomic E-state index is 12.4. The first kappa shape index (κ1) is 18.6. The van der Waals surface area contributed by atoms with Crippen LogP contribution in [0.3, 0.4) is 0 Å². The first-order chi connectivity index (χ1) is 12.9. The summed E-state index contributed by atoms with van der Waals surface area (Å²) in [5.41, 5.74) is 1.24. The van der Waals surface area contributed by atoms with Crippen LogP contribution in [0.15, 0.2) is 42.7 Å². The zero-order valence-corrected chi connectivity index (χ0v) is 14.5. The Morgan fingerprint density at radius 3 is 2.44 bits per heavy atom. The minimum Gasteiger partial charge on any atom is -0.493 e. The molecule has 0 bridgehead atoms. The Labute approximate surface area is 152 Å². The van der Waals surface area contributed by atoms with E-state index in [1.807, 2.05) is 0 Å². The number of hydrogen-bond donors (Lipinski definition) is 1. The van der Waals surface area contributed by atoms with E-state index in [-0.39, 0.29) is 12.3 Å². The first-order valence-electron chi connectivity index (χ1n) is 7.85. The summed E-state index contributed by atoms with van der Waals surface area (Å²) in [5, 5.41) is 3.79. The molecular weight excluding hydrogens is 363 g/mol. The summed E-state index contributed by atoms with van der Waals surface area (Å²) >= 11 is 0. The molecule has 0 amide bonds. The van der Waals surface area contributed by atoms with Gasteiger partial charge >= 0.3 is 6.36 Å². The van der Waals surface area contributed by atoms with Crippen molar-refractivity contribution in [3.05, 3.63) is 48.3 Å². The van der Waals surface area contributed by atoms with Gasteiger partial charge in [0.25, 0.3) is 0 Å². The molecule has 0 saturated carbocycles. The summed E-state index contributed by atoms with van der Waals surface area (Å²) in [4.78, 5) is 8.41. The molecule has 3 rings (SSSR count). The Kier molecular flexibility index (Phi) is 5.20. The third-order valence-corrected chi connectivity index (χ3v) is 3.73. The number of halogens is 3. The number of alkyl halides is 3. The smallest absolute Gasteiger partial charge is 0.493 e. The summed E-state index contributed by atoms with van der Waals surface area (Å²) in [6.45, 7) is 0.246. The number of methoxy groups -OCH3 is 2. The van der Waals surface area contributed by atoms with E-state index >= 15 is 0 Å². The van der Waals surface area contributed by atoms with Gasteiger partial charge in [-0.25, -0.2) is 9.97 Å². The molecule has 0 atom stereocenters. The second-order valence-electron chi connectivity index (χ2n) is 5.50. The van der Waals surface area contributed by atoms with Crippen molar-refractivity contribution in [2.24, 2.45) is 0 Å². The largest absolute Gasteiger partial charge is 0.573 e. The zero-order chi connectivity index (χ0) is 19.4. The van der Waals surface area contributed by atoms with Crippen molar-refractivity contribution in [3.8, 4) is 17.2 Å². The molecule has 3 aromatic rings. The molecule has 0 radical (unpaired) electrons. The molecule has 0 saturated heterocycles. The van der Waals surface area contributed by atoms with E-state index in [2.05, 4.69) is 20.0 Å². The van der Waals surface area contributed by atoms with Crippen LogP contribution in [0.4, 0.5) is 19.0 Å². The average molecular weight is 379 g/mol. The van der Waals surface area contributed by atoms with Crippen LogP contribution in [0.2, 0.25) is 0 Å². The molecule has 9 heteroatoms. The SMILES string of the molecule is COc1cc2ncnc(NCc3cccc(OC(F)(F)F)c3)c2cc1OC. The number of benzene rings is 2. The van der Waals surface area contributed by atoms with Crippen LogP contribution in [0.1, 0.15) is 5.56 Å². The van der Waals surface area contributed by atoms with Gasteiger partial charge in [0, 0.05) is 18.0 Å². The maximum Gasteiger partial charge on any atom is 0.573 e. The summed E-state index contributed by atoms with van der Waals surface area (Å²) in [6, 6.07) is 9.19. The third kappa shape index (κ3) is 4.49. The Morgan fingerprint density at radius 1 is 1.00 bits per heavy atom. The van der Waals surface area contributed by atoms with Gasteiger partial charge in [0.05, 0.1) is 19.7 Å². The number of anilines is 1. The highest BCUT2D eigenvalue weighted by molar-refractivity contribution is 5.91. The van der Waals surface area contributed by atoms with Gasteiger partial charge in [0.15, 0.2) is 11.5 Å². The topological polar surface area (TPSA) is 65.5 Å². The van der Waals surface area contributed by atoms with Gasteiger partial charge in [-0.2, -0.15) is 0 Å². The molecule has 1 aromatic heterocycles. The third-order valence-electron chi connectivity index (χ3n) is 3.73. The van der Waals surface area contributed by atoms with E-state index in [1.54, 1.807) is 18.2 Å². The van der Waals surface area contributed by atoms with Crippen molar-refractivity contribution >= 4 is 16.7 Å². The van der Waals surface area contributed by atoms with Gasteiger partial charge in [0.2, 0.25) is 0 Å². The molecule has 0 aliphatic carbocycles. The van der Waals surface area contributed by atoms with E-state index in [4.69, 9.17) is 9.47 Å². The van der Waals surface area contributed by atoms with Crippen molar-refractivity contribution in [3.63, 3.8) is 0 Å². The van der Waals surface area contributed by atoms with Crippen molar-refractivity contribution in [2.75, 3.05) is 19.5 Å². The maximum atomic E-state index is 12.4. The first-order valence-corrected chi connectivity index (χ1v) is 7.85. The molecule has 6 nitrogen and oxygen atoms in total. The molecule has 0 unspecified atom stereocenters. The van der Waals surface area contributed by atoms with E-state index in [9.17, 15) is 13.2 Å². The lowest BCUT2D eigenvalue weighted by atomic mass is 10.2. The fraction of sp³-hybridized carbons (Fsp3) is 0.222. The number of fused-ring (bicyclic) bond motifs is 1. The molecule has 142 valence electrons. The van der Waals surface area contributed by atoms with Crippen molar-refractivity contribution in [1.82, 2.24) is 9.97 Å². The van der Waals surface area contributed by atoms with Crippen molar-refractivity contribution in [2.45, 2.75) is 12.9 Å². The molecule has 0 spiro atoms. The predicted octanol–water partition coefficient (Wildman–Crippen LogP) is 4.16. The van der Waals surface area contributed by atoms with Crippen LogP contribution in [0, 0.1) is 0 Å². The quantitative estimate of drug-likeness (QED) is 0.694. The Morgan fingerprint density at radius 2 is 1.74 bits per heavy atom. The van der Waals surface area contributed by atoms with Crippen LogP contribution in [0.25, 0.3) is 10.9 Å². The highest BCUT2D eigenvalue weighted by Crippen LogP contribution is 2.33. The van der Waals surface area contributed by atoms with Crippen LogP contribution in [0.5, 0.6) is 17.2 Å². The molecule has 1 heterocycles. The lowest BCUT2D eigenvalue weighted by Crippen LogP contribution is -2.17. The summed E-state index contributed by atoms with van der Waals surface area (Å²) in [5.74, 6) is 1.29. The lowest BCUT2D eigenvalue weighted by Gasteiger charge is -2.13. The van der Waals surface area contributed by atoms with Crippen LogP contribution in [-0.4, -0.2) is 30.5 Å². The standard InChI is InChI=1S/C18H16F3N3O3/c1-25-15-7-13-14(8-16(15)26-2)23-10-24-17(13)22-9-11-4-3-5-12(6-11)27-18(19,20)21/h3-8,10H,9H2,1-2H3,(H,22,23,24). The number of nitrogens with zero attached hydrogens (tertiary/aromatic N) is 2. The fourth-order valence-corrected chi connectivity index (χ4v) is 2.56. The minimum atomic E-state index is -4.73. The van der Waals surface area contributed by atoms with Crippen molar-refractivity contribution < 1.29 is 27.4 Å². The summed E-state index contributed by atoms with van der Waals surface area (Å²) in [6.07, 6.45) is -3.34. The minimum absolute atomic E-state index is 0.246. The average Bonchev–Trinajstić information content (AvgIpc) is 2.64. The zero-order valence-electron chi connectivity index (χ0n) is 14.5. The van der Waals surface area contributed by atoms with E-state index in [0.29, 0.717) is 33.8 Å². The normalized spacial score (nSPS) is 11.3. The van der Waals surface area contributed by atoms with Gasteiger partial charge < -0.3 is 19.5 Å². The number of hydrogen-bond acceptors (Lipinski definition) is 6. The Balaban J connectivity index is 1.84. The van der Waals surface area contributed by atoms with Crippen LogP contribution in [-0.2, 0) is 6.54 Å².